The summed E-state index contributed by atoms with van der Waals surface area (Å²) in [5, 5.41) is 2.86. The van der Waals surface area contributed by atoms with E-state index in [-0.39, 0.29) is 5.91 Å². The van der Waals surface area contributed by atoms with E-state index in [9.17, 15) is 13.2 Å². The maximum atomic E-state index is 12.4. The van der Waals surface area contributed by atoms with Gasteiger partial charge in [0.05, 0.1) is 12.9 Å². The van der Waals surface area contributed by atoms with Gasteiger partial charge in [-0.15, -0.1) is 0 Å². The van der Waals surface area contributed by atoms with Gasteiger partial charge in [-0.1, -0.05) is 24.3 Å². The van der Waals surface area contributed by atoms with Gasteiger partial charge in [-0.05, 0) is 30.9 Å². The third kappa shape index (κ3) is 4.76. The zero-order valence-electron chi connectivity index (χ0n) is 13.6. The van der Waals surface area contributed by atoms with E-state index < -0.39 is 16.1 Å². The summed E-state index contributed by atoms with van der Waals surface area (Å²) < 4.78 is 30.2. The van der Waals surface area contributed by atoms with Crippen LogP contribution in [0.1, 0.15) is 30.9 Å². The van der Waals surface area contributed by atoms with Crippen molar-refractivity contribution in [2.45, 2.75) is 39.0 Å². The minimum absolute atomic E-state index is 0.237. The van der Waals surface area contributed by atoms with Crippen LogP contribution in [0.3, 0.4) is 0 Å². The molecule has 1 heterocycles. The monoisotopic (exact) mass is 340 g/mol. The molecule has 128 valence electrons. The smallest absolute Gasteiger partial charge is 0.238 e. The molecule has 0 aliphatic carbocycles. The van der Waals surface area contributed by atoms with Crippen molar-refractivity contribution >= 4 is 15.9 Å². The van der Waals surface area contributed by atoms with Gasteiger partial charge in [-0.3, -0.25) is 4.79 Å². The van der Waals surface area contributed by atoms with Crippen LogP contribution in [0.25, 0.3) is 0 Å². The van der Waals surface area contributed by atoms with Gasteiger partial charge in [-0.2, -0.15) is 4.31 Å². The lowest BCUT2D eigenvalue weighted by Gasteiger charge is -2.21. The van der Waals surface area contributed by atoms with Crippen molar-refractivity contribution in [1.82, 2.24) is 9.62 Å². The molecule has 1 fully saturated rings. The van der Waals surface area contributed by atoms with Gasteiger partial charge >= 0.3 is 0 Å². The normalized spacial score (nSPS) is 19.0. The van der Waals surface area contributed by atoms with Crippen LogP contribution >= 0.6 is 0 Å². The quantitative estimate of drug-likeness (QED) is 0.811. The van der Waals surface area contributed by atoms with Crippen LogP contribution in [-0.2, 0) is 32.7 Å². The minimum Gasteiger partial charge on any atom is -0.377 e. The summed E-state index contributed by atoms with van der Waals surface area (Å²) in [6, 6.07) is 7.16. The summed E-state index contributed by atoms with van der Waals surface area (Å²) in [5.41, 5.74) is 2.01. The molecule has 1 unspecified atom stereocenters. The van der Waals surface area contributed by atoms with Crippen molar-refractivity contribution in [3.8, 4) is 0 Å². The second-order valence-electron chi connectivity index (χ2n) is 5.66. The zero-order chi connectivity index (χ0) is 16.9. The third-order valence-corrected chi connectivity index (χ3v) is 5.25. The van der Waals surface area contributed by atoms with Crippen LogP contribution in [0, 0.1) is 0 Å². The average Bonchev–Trinajstić information content (AvgIpc) is 3.01. The van der Waals surface area contributed by atoms with Gasteiger partial charge in [0.25, 0.3) is 0 Å². The molecule has 6 nitrogen and oxygen atoms in total. The standard InChI is InChI=1S/C16H24N2O4S/c1-3-22-12-14-8-5-4-7-13(14)11-17-16(19)15-9-6-10-18(15)23(2,20)21/h4-5,7-8,15H,3,6,9-12H2,1-2H3,(H,17,19). The average molecular weight is 340 g/mol. The van der Waals surface area contributed by atoms with Crippen molar-refractivity contribution in [3.63, 3.8) is 0 Å². The number of hydrogen-bond acceptors (Lipinski definition) is 4. The van der Waals surface area contributed by atoms with Crippen molar-refractivity contribution in [3.05, 3.63) is 35.4 Å². The van der Waals surface area contributed by atoms with E-state index in [1.54, 1.807) is 0 Å². The lowest BCUT2D eigenvalue weighted by Crippen LogP contribution is -2.45. The van der Waals surface area contributed by atoms with Gasteiger partial charge < -0.3 is 10.1 Å². The Morgan fingerprint density at radius 2 is 2.04 bits per heavy atom. The number of benzene rings is 1. The summed E-state index contributed by atoms with van der Waals surface area (Å²) in [6.07, 6.45) is 2.43. The first-order valence-electron chi connectivity index (χ1n) is 7.82. The number of ether oxygens (including phenoxy) is 1. The molecule has 2 rings (SSSR count). The highest BCUT2D eigenvalue weighted by Gasteiger charge is 2.36. The Morgan fingerprint density at radius 3 is 2.70 bits per heavy atom. The molecule has 0 saturated carbocycles. The number of sulfonamides is 1. The lowest BCUT2D eigenvalue weighted by molar-refractivity contribution is -0.124. The van der Waals surface area contributed by atoms with Gasteiger partial charge in [-0.25, -0.2) is 8.42 Å². The highest BCUT2D eigenvalue weighted by atomic mass is 32.2. The van der Waals surface area contributed by atoms with E-state index >= 15 is 0 Å². The molecule has 1 aliphatic heterocycles. The Kier molecular flexibility index (Phi) is 6.15. The molecular formula is C16H24N2O4S. The molecule has 1 aromatic carbocycles. The number of hydrogen-bond donors (Lipinski definition) is 1. The van der Waals surface area contributed by atoms with Crippen LogP contribution in [0.2, 0.25) is 0 Å². The molecule has 0 spiro atoms. The van der Waals surface area contributed by atoms with Crippen molar-refractivity contribution in [1.29, 1.82) is 0 Å². The predicted molar refractivity (Wildman–Crippen MR) is 88.2 cm³/mol. The molecule has 0 aromatic heterocycles. The Morgan fingerprint density at radius 1 is 1.35 bits per heavy atom. The van der Waals surface area contributed by atoms with E-state index in [4.69, 9.17) is 4.74 Å². The fourth-order valence-electron chi connectivity index (χ4n) is 2.78. The Balaban J connectivity index is 1.99. The molecule has 1 amide bonds. The van der Waals surface area contributed by atoms with E-state index in [0.717, 1.165) is 17.4 Å². The highest BCUT2D eigenvalue weighted by molar-refractivity contribution is 7.88. The first-order chi connectivity index (χ1) is 10.9. The Labute approximate surface area is 137 Å². The number of carbonyl (C=O) groups excluding carboxylic acids is 1. The van der Waals surface area contributed by atoms with E-state index in [1.807, 2.05) is 31.2 Å². The number of amides is 1. The number of carbonyl (C=O) groups is 1. The SMILES string of the molecule is CCOCc1ccccc1CNC(=O)C1CCCN1S(C)(=O)=O. The highest BCUT2D eigenvalue weighted by Crippen LogP contribution is 2.20. The maximum Gasteiger partial charge on any atom is 0.238 e. The molecule has 0 bridgehead atoms. The van der Waals surface area contributed by atoms with Crippen molar-refractivity contribution < 1.29 is 17.9 Å². The second-order valence-corrected chi connectivity index (χ2v) is 7.59. The molecule has 1 N–H and O–H groups in total. The second kappa shape index (κ2) is 7.90. The zero-order valence-corrected chi connectivity index (χ0v) is 14.4. The Bertz CT molecular complexity index is 645. The topological polar surface area (TPSA) is 75.7 Å². The molecule has 23 heavy (non-hydrogen) atoms. The van der Waals surface area contributed by atoms with Crippen LogP contribution in [-0.4, -0.2) is 44.1 Å². The maximum absolute atomic E-state index is 12.4. The minimum atomic E-state index is -3.35. The van der Waals surface area contributed by atoms with Crippen molar-refractivity contribution in [2.75, 3.05) is 19.4 Å². The number of nitrogens with zero attached hydrogens (tertiary/aromatic N) is 1. The van der Waals surface area contributed by atoms with Crippen molar-refractivity contribution in [2.24, 2.45) is 0 Å². The van der Waals surface area contributed by atoms with Crippen LogP contribution in [0.4, 0.5) is 0 Å². The Hall–Kier alpha value is -1.44. The number of rotatable bonds is 7. The van der Waals surface area contributed by atoms with Gasteiger partial charge in [0.2, 0.25) is 15.9 Å². The van der Waals surface area contributed by atoms with Crippen LogP contribution in [0.5, 0.6) is 0 Å². The van der Waals surface area contributed by atoms with Gasteiger partial charge in [0.1, 0.15) is 6.04 Å². The van der Waals surface area contributed by atoms with Crippen LogP contribution in [0.15, 0.2) is 24.3 Å². The van der Waals surface area contributed by atoms with E-state index in [1.165, 1.54) is 4.31 Å². The largest absolute Gasteiger partial charge is 0.377 e. The fourth-order valence-corrected chi connectivity index (χ4v) is 3.91. The first-order valence-corrected chi connectivity index (χ1v) is 9.67. The summed E-state index contributed by atoms with van der Waals surface area (Å²) in [4.78, 5) is 12.4. The molecule has 1 saturated heterocycles. The summed E-state index contributed by atoms with van der Waals surface area (Å²) in [5.74, 6) is -0.237. The van der Waals surface area contributed by atoms with Gasteiger partial charge in [0, 0.05) is 19.7 Å². The third-order valence-electron chi connectivity index (χ3n) is 3.97. The molecule has 1 aliphatic rings. The van der Waals surface area contributed by atoms with Crippen LogP contribution < -0.4 is 5.32 Å². The number of nitrogens with one attached hydrogen (secondary N) is 1. The van der Waals surface area contributed by atoms with E-state index in [2.05, 4.69) is 5.32 Å². The molecule has 7 heteroatoms. The fraction of sp³-hybridized carbons (Fsp3) is 0.562. The summed E-state index contributed by atoms with van der Waals surface area (Å²) in [6.45, 7) is 3.85. The summed E-state index contributed by atoms with van der Waals surface area (Å²) >= 11 is 0. The lowest BCUT2D eigenvalue weighted by atomic mass is 10.1. The molecule has 1 aromatic rings. The molecular weight excluding hydrogens is 316 g/mol. The molecule has 0 radical (unpaired) electrons. The van der Waals surface area contributed by atoms with Gasteiger partial charge in [0.15, 0.2) is 0 Å². The molecule has 1 atom stereocenters. The first kappa shape index (κ1) is 17.9. The predicted octanol–water partition coefficient (Wildman–Crippen LogP) is 1.26. The van der Waals surface area contributed by atoms with E-state index in [0.29, 0.717) is 39.1 Å². The summed E-state index contributed by atoms with van der Waals surface area (Å²) in [7, 11) is -3.35.